The van der Waals surface area contributed by atoms with Crippen LogP contribution in [-0.4, -0.2) is 39.6 Å². The van der Waals surface area contributed by atoms with Crippen LogP contribution in [0.5, 0.6) is 5.75 Å². The van der Waals surface area contributed by atoms with Crippen molar-refractivity contribution in [2.45, 2.75) is 19.4 Å². The minimum absolute atomic E-state index is 0.00796. The summed E-state index contributed by atoms with van der Waals surface area (Å²) in [6, 6.07) is 4.99. The molecule has 2 amide bonds. The zero-order chi connectivity index (χ0) is 17.0. The van der Waals surface area contributed by atoms with Crippen LogP contribution in [0.4, 0.5) is 5.69 Å². The van der Waals surface area contributed by atoms with Crippen LogP contribution in [0.1, 0.15) is 24.9 Å². The maximum atomic E-state index is 11.8. The Labute approximate surface area is 134 Å². The van der Waals surface area contributed by atoms with Gasteiger partial charge in [0.05, 0.1) is 18.0 Å². The number of hydrogen-bond donors (Lipinski definition) is 3. The highest BCUT2D eigenvalue weighted by Gasteiger charge is 2.18. The molecule has 1 atom stereocenters. The van der Waals surface area contributed by atoms with Gasteiger partial charge < -0.3 is 15.4 Å². The van der Waals surface area contributed by atoms with Crippen LogP contribution in [-0.2, 0) is 19.6 Å². The van der Waals surface area contributed by atoms with Gasteiger partial charge in [0.15, 0.2) is 6.61 Å². The van der Waals surface area contributed by atoms with Crippen LogP contribution < -0.4 is 20.1 Å². The van der Waals surface area contributed by atoms with Gasteiger partial charge in [-0.15, -0.1) is 0 Å². The number of anilines is 1. The standard InChI is InChI=1S/C14H19N3O5S/c1-9(16-13(18)5-6-15-23(2,20)21)10-3-4-12-11(7-10)17-14(19)8-22-12/h3-4,7,9,15H,5-6,8H2,1-2H3,(H,16,18)(H,17,19). The maximum Gasteiger partial charge on any atom is 0.262 e. The summed E-state index contributed by atoms with van der Waals surface area (Å²) in [6.45, 7) is 1.84. The van der Waals surface area contributed by atoms with Crippen LogP contribution in [0.25, 0.3) is 0 Å². The number of sulfonamides is 1. The van der Waals surface area contributed by atoms with Crippen molar-refractivity contribution in [1.29, 1.82) is 0 Å². The van der Waals surface area contributed by atoms with E-state index >= 15 is 0 Å². The molecule has 0 radical (unpaired) electrons. The molecule has 8 nitrogen and oxygen atoms in total. The summed E-state index contributed by atoms with van der Waals surface area (Å²) in [5, 5.41) is 5.48. The molecule has 0 spiro atoms. The van der Waals surface area contributed by atoms with Gasteiger partial charge in [0.2, 0.25) is 15.9 Å². The molecule has 1 aliphatic heterocycles. The number of benzene rings is 1. The van der Waals surface area contributed by atoms with Gasteiger partial charge in [-0.05, 0) is 24.6 Å². The Hall–Kier alpha value is -2.13. The van der Waals surface area contributed by atoms with Crippen molar-refractivity contribution in [3.05, 3.63) is 23.8 Å². The molecule has 9 heteroatoms. The predicted molar refractivity (Wildman–Crippen MR) is 84.6 cm³/mol. The van der Waals surface area contributed by atoms with Crippen LogP contribution in [0.3, 0.4) is 0 Å². The molecule has 1 unspecified atom stereocenters. The van der Waals surface area contributed by atoms with E-state index in [4.69, 9.17) is 4.74 Å². The molecule has 126 valence electrons. The van der Waals surface area contributed by atoms with Gasteiger partial charge in [-0.3, -0.25) is 9.59 Å². The Morgan fingerprint density at radius 3 is 2.87 bits per heavy atom. The quantitative estimate of drug-likeness (QED) is 0.681. The summed E-state index contributed by atoms with van der Waals surface area (Å²) in [6.07, 6.45) is 1.08. The number of fused-ring (bicyclic) bond motifs is 1. The normalized spacial score (nSPS) is 15.1. The van der Waals surface area contributed by atoms with E-state index in [0.29, 0.717) is 11.4 Å². The number of carbonyl (C=O) groups is 2. The topological polar surface area (TPSA) is 114 Å². The van der Waals surface area contributed by atoms with E-state index in [2.05, 4.69) is 15.4 Å². The molecule has 3 N–H and O–H groups in total. The molecular weight excluding hydrogens is 322 g/mol. The number of ether oxygens (including phenoxy) is 1. The molecule has 2 rings (SSSR count). The van der Waals surface area contributed by atoms with Crippen LogP contribution >= 0.6 is 0 Å². The minimum atomic E-state index is -3.30. The van der Waals surface area contributed by atoms with E-state index < -0.39 is 10.0 Å². The van der Waals surface area contributed by atoms with Crippen molar-refractivity contribution in [1.82, 2.24) is 10.0 Å². The average Bonchev–Trinajstić information content (AvgIpc) is 2.44. The number of carbonyl (C=O) groups excluding carboxylic acids is 2. The lowest BCUT2D eigenvalue weighted by Crippen LogP contribution is -2.31. The summed E-state index contributed by atoms with van der Waals surface area (Å²) >= 11 is 0. The third kappa shape index (κ3) is 5.22. The lowest BCUT2D eigenvalue weighted by atomic mass is 10.1. The van der Waals surface area contributed by atoms with Gasteiger partial charge >= 0.3 is 0 Å². The molecule has 0 aliphatic carbocycles. The maximum absolute atomic E-state index is 11.8. The first-order chi connectivity index (χ1) is 10.7. The summed E-state index contributed by atoms with van der Waals surface area (Å²) in [5.41, 5.74) is 1.37. The molecule has 0 bridgehead atoms. The molecule has 0 saturated heterocycles. The van der Waals surface area contributed by atoms with Gasteiger partial charge in [-0.25, -0.2) is 13.1 Å². The molecule has 0 aromatic heterocycles. The van der Waals surface area contributed by atoms with Gasteiger partial charge in [0.1, 0.15) is 5.75 Å². The van der Waals surface area contributed by atoms with Crippen molar-refractivity contribution in [2.24, 2.45) is 0 Å². The molecule has 1 heterocycles. The minimum Gasteiger partial charge on any atom is -0.482 e. The van der Waals surface area contributed by atoms with E-state index in [0.717, 1.165) is 11.8 Å². The van der Waals surface area contributed by atoms with Crippen LogP contribution in [0, 0.1) is 0 Å². The second kappa shape index (κ2) is 6.97. The summed E-state index contributed by atoms with van der Waals surface area (Å²) in [5.74, 6) is 0.0917. The van der Waals surface area contributed by atoms with E-state index in [1.54, 1.807) is 25.1 Å². The SMILES string of the molecule is CC(NC(=O)CCNS(C)(=O)=O)c1ccc2c(c1)NC(=O)CO2. The van der Waals surface area contributed by atoms with Crippen LogP contribution in [0.15, 0.2) is 18.2 Å². The molecule has 0 fully saturated rings. The molecule has 1 aromatic carbocycles. The zero-order valence-corrected chi connectivity index (χ0v) is 13.7. The van der Waals surface area contributed by atoms with Crippen LogP contribution in [0.2, 0.25) is 0 Å². The van der Waals surface area contributed by atoms with Gasteiger partial charge in [0.25, 0.3) is 5.91 Å². The van der Waals surface area contributed by atoms with Crippen molar-refractivity contribution < 1.29 is 22.7 Å². The van der Waals surface area contributed by atoms with Gasteiger partial charge in [0, 0.05) is 13.0 Å². The first-order valence-corrected chi connectivity index (χ1v) is 8.94. The molecule has 1 aromatic rings. The van der Waals surface area contributed by atoms with Crippen molar-refractivity contribution in [3.8, 4) is 5.75 Å². The predicted octanol–water partition coefficient (Wildman–Crippen LogP) is 0.134. The van der Waals surface area contributed by atoms with Crippen molar-refractivity contribution in [3.63, 3.8) is 0 Å². The highest BCUT2D eigenvalue weighted by atomic mass is 32.2. The van der Waals surface area contributed by atoms with E-state index in [1.807, 2.05) is 0 Å². The molecule has 23 heavy (non-hydrogen) atoms. The van der Waals surface area contributed by atoms with Gasteiger partial charge in [-0.2, -0.15) is 0 Å². The highest BCUT2D eigenvalue weighted by molar-refractivity contribution is 7.88. The summed E-state index contributed by atoms with van der Waals surface area (Å²) < 4.78 is 29.4. The Kier molecular flexibility index (Phi) is 5.22. The fourth-order valence-electron chi connectivity index (χ4n) is 2.12. The fraction of sp³-hybridized carbons (Fsp3) is 0.429. The average molecular weight is 341 g/mol. The Morgan fingerprint density at radius 1 is 1.43 bits per heavy atom. The lowest BCUT2D eigenvalue weighted by molar-refractivity contribution is -0.121. The number of amides is 2. The first-order valence-electron chi connectivity index (χ1n) is 7.05. The molecule has 0 saturated carbocycles. The third-order valence-electron chi connectivity index (χ3n) is 3.23. The third-order valence-corrected chi connectivity index (χ3v) is 3.96. The Bertz CT molecular complexity index is 717. The number of hydrogen-bond acceptors (Lipinski definition) is 5. The molecular formula is C14H19N3O5S. The Balaban J connectivity index is 1.93. The number of rotatable bonds is 6. The second-order valence-corrected chi connectivity index (χ2v) is 7.13. The lowest BCUT2D eigenvalue weighted by Gasteiger charge is -2.21. The van der Waals surface area contributed by atoms with E-state index in [-0.39, 0.29) is 37.4 Å². The van der Waals surface area contributed by atoms with E-state index in [9.17, 15) is 18.0 Å². The first kappa shape index (κ1) is 17.2. The number of nitrogens with one attached hydrogen (secondary N) is 3. The zero-order valence-electron chi connectivity index (χ0n) is 12.9. The van der Waals surface area contributed by atoms with Gasteiger partial charge in [-0.1, -0.05) is 6.07 Å². The fourth-order valence-corrected chi connectivity index (χ4v) is 2.59. The molecule has 1 aliphatic rings. The monoisotopic (exact) mass is 341 g/mol. The van der Waals surface area contributed by atoms with Crippen molar-refractivity contribution in [2.75, 3.05) is 24.7 Å². The van der Waals surface area contributed by atoms with E-state index in [1.165, 1.54) is 0 Å². The summed E-state index contributed by atoms with van der Waals surface area (Å²) in [4.78, 5) is 23.1. The second-order valence-electron chi connectivity index (χ2n) is 5.30. The highest BCUT2D eigenvalue weighted by Crippen LogP contribution is 2.30. The smallest absolute Gasteiger partial charge is 0.262 e. The largest absolute Gasteiger partial charge is 0.482 e. The van der Waals surface area contributed by atoms with Crippen molar-refractivity contribution >= 4 is 27.5 Å². The summed E-state index contributed by atoms with van der Waals surface area (Å²) in [7, 11) is -3.30. The Morgan fingerprint density at radius 2 is 2.17 bits per heavy atom.